The lowest BCUT2D eigenvalue weighted by Crippen LogP contribution is -2.21. The first-order chi connectivity index (χ1) is 9.83. The number of nitrogens with one attached hydrogen (secondary N) is 1. The normalized spacial score (nSPS) is 10.3. The maximum absolute atomic E-state index is 4.03. The van der Waals surface area contributed by atoms with Crippen molar-refractivity contribution < 1.29 is 0 Å². The fourth-order valence-electron chi connectivity index (χ4n) is 2.28. The van der Waals surface area contributed by atoms with Crippen molar-refractivity contribution >= 4 is 11.4 Å². The highest BCUT2D eigenvalue weighted by Crippen LogP contribution is 2.17. The van der Waals surface area contributed by atoms with Gasteiger partial charge >= 0.3 is 0 Å². The highest BCUT2D eigenvalue weighted by atomic mass is 15.1. The van der Waals surface area contributed by atoms with E-state index in [4.69, 9.17) is 0 Å². The van der Waals surface area contributed by atoms with Gasteiger partial charge in [-0.25, -0.2) is 0 Å². The summed E-state index contributed by atoms with van der Waals surface area (Å²) in [5.74, 6) is 0. The molecule has 0 unspecified atom stereocenters. The van der Waals surface area contributed by atoms with E-state index in [-0.39, 0.29) is 0 Å². The maximum atomic E-state index is 4.03. The molecule has 1 heterocycles. The summed E-state index contributed by atoms with van der Waals surface area (Å²) in [5.41, 5.74) is 3.77. The van der Waals surface area contributed by atoms with Gasteiger partial charge in [-0.05, 0) is 62.2 Å². The van der Waals surface area contributed by atoms with Crippen molar-refractivity contribution in [3.8, 4) is 0 Å². The quantitative estimate of drug-likeness (QED) is 0.832. The Bertz CT molecular complexity index is 489. The van der Waals surface area contributed by atoms with E-state index in [9.17, 15) is 0 Å². The molecule has 0 aliphatic heterocycles. The first-order valence-corrected chi connectivity index (χ1v) is 7.31. The topological polar surface area (TPSA) is 28.2 Å². The van der Waals surface area contributed by atoms with Crippen molar-refractivity contribution in [3.05, 3.63) is 54.4 Å². The zero-order valence-corrected chi connectivity index (χ0v) is 12.3. The number of aromatic nitrogens is 1. The van der Waals surface area contributed by atoms with Gasteiger partial charge in [-0.1, -0.05) is 0 Å². The summed E-state index contributed by atoms with van der Waals surface area (Å²) < 4.78 is 0. The lowest BCUT2D eigenvalue weighted by molar-refractivity contribution is 0.866. The largest absolute Gasteiger partial charge is 0.385 e. The summed E-state index contributed by atoms with van der Waals surface area (Å²) in [6, 6.07) is 12.8. The number of anilines is 2. The molecule has 1 N–H and O–H groups in total. The molecule has 2 aromatic rings. The van der Waals surface area contributed by atoms with Gasteiger partial charge in [0.1, 0.15) is 0 Å². The van der Waals surface area contributed by atoms with Crippen LogP contribution in [0.4, 0.5) is 11.4 Å². The molecule has 0 amide bonds. The number of nitrogens with zero attached hydrogens (tertiary/aromatic N) is 2. The predicted octanol–water partition coefficient (Wildman–Crippen LogP) is 3.58. The van der Waals surface area contributed by atoms with Gasteiger partial charge in [-0.15, -0.1) is 0 Å². The smallest absolute Gasteiger partial charge is 0.0367 e. The van der Waals surface area contributed by atoms with Crippen LogP contribution in [0.2, 0.25) is 0 Å². The second-order valence-corrected chi connectivity index (χ2v) is 4.75. The van der Waals surface area contributed by atoms with Crippen molar-refractivity contribution in [2.45, 2.75) is 20.3 Å². The van der Waals surface area contributed by atoms with E-state index in [0.29, 0.717) is 0 Å². The Morgan fingerprint density at radius 3 is 2.20 bits per heavy atom. The first-order valence-electron chi connectivity index (χ1n) is 7.31. The van der Waals surface area contributed by atoms with Crippen LogP contribution in [0.1, 0.15) is 19.4 Å². The highest BCUT2D eigenvalue weighted by molar-refractivity contribution is 5.55. The van der Waals surface area contributed by atoms with Gasteiger partial charge in [-0.2, -0.15) is 0 Å². The minimum absolute atomic E-state index is 0.939. The summed E-state index contributed by atoms with van der Waals surface area (Å²) >= 11 is 0. The number of pyridine rings is 1. The molecule has 3 nitrogen and oxygen atoms in total. The van der Waals surface area contributed by atoms with Gasteiger partial charge in [-0.3, -0.25) is 4.98 Å². The molecule has 0 bridgehead atoms. The molecule has 0 saturated heterocycles. The Hall–Kier alpha value is -2.03. The van der Waals surface area contributed by atoms with Crippen LogP contribution in [0.25, 0.3) is 0 Å². The average Bonchev–Trinajstić information content (AvgIpc) is 2.51. The highest BCUT2D eigenvalue weighted by Gasteiger charge is 2.01. The molecule has 0 saturated carbocycles. The van der Waals surface area contributed by atoms with E-state index >= 15 is 0 Å². The Labute approximate surface area is 121 Å². The van der Waals surface area contributed by atoms with Crippen LogP contribution in [-0.2, 0) is 6.42 Å². The molecule has 0 aliphatic carbocycles. The summed E-state index contributed by atoms with van der Waals surface area (Å²) in [6.45, 7) is 7.40. The Morgan fingerprint density at radius 2 is 1.60 bits per heavy atom. The zero-order chi connectivity index (χ0) is 14.2. The number of hydrogen-bond acceptors (Lipinski definition) is 3. The third kappa shape index (κ3) is 3.98. The van der Waals surface area contributed by atoms with Crippen molar-refractivity contribution in [2.75, 3.05) is 29.9 Å². The summed E-state index contributed by atoms with van der Waals surface area (Å²) in [7, 11) is 0. The van der Waals surface area contributed by atoms with Crippen molar-refractivity contribution in [2.24, 2.45) is 0 Å². The Kier molecular flexibility index (Phi) is 5.42. The Morgan fingerprint density at radius 1 is 0.950 bits per heavy atom. The lowest BCUT2D eigenvalue weighted by Gasteiger charge is -2.21. The van der Waals surface area contributed by atoms with Crippen LogP contribution in [0.3, 0.4) is 0 Å². The second-order valence-electron chi connectivity index (χ2n) is 4.75. The van der Waals surface area contributed by atoms with E-state index in [1.807, 2.05) is 12.4 Å². The predicted molar refractivity (Wildman–Crippen MR) is 86.4 cm³/mol. The third-order valence-electron chi connectivity index (χ3n) is 3.49. The molecule has 0 aliphatic rings. The van der Waals surface area contributed by atoms with Crippen molar-refractivity contribution in [1.82, 2.24) is 4.98 Å². The van der Waals surface area contributed by atoms with Gasteiger partial charge in [0.2, 0.25) is 0 Å². The third-order valence-corrected chi connectivity index (χ3v) is 3.49. The molecule has 0 atom stereocenters. The number of rotatable bonds is 7. The molecule has 0 radical (unpaired) electrons. The van der Waals surface area contributed by atoms with Crippen LogP contribution < -0.4 is 10.2 Å². The van der Waals surface area contributed by atoms with E-state index < -0.39 is 0 Å². The average molecular weight is 269 g/mol. The van der Waals surface area contributed by atoms with E-state index in [2.05, 4.69) is 65.4 Å². The molecule has 0 spiro atoms. The molecular formula is C17H23N3. The van der Waals surface area contributed by atoms with Crippen LogP contribution in [0, 0.1) is 0 Å². The molecule has 1 aromatic carbocycles. The van der Waals surface area contributed by atoms with Gasteiger partial charge in [0, 0.05) is 43.4 Å². The van der Waals surface area contributed by atoms with Gasteiger partial charge in [0.25, 0.3) is 0 Å². The van der Waals surface area contributed by atoms with Gasteiger partial charge < -0.3 is 10.2 Å². The fraction of sp³-hybridized carbons (Fsp3) is 0.353. The van der Waals surface area contributed by atoms with Crippen LogP contribution >= 0.6 is 0 Å². The van der Waals surface area contributed by atoms with Gasteiger partial charge in [0.15, 0.2) is 0 Å². The molecule has 1 aromatic heterocycles. The minimum atomic E-state index is 0.939. The molecule has 0 fully saturated rings. The number of benzene rings is 1. The monoisotopic (exact) mass is 269 g/mol. The zero-order valence-electron chi connectivity index (χ0n) is 12.3. The van der Waals surface area contributed by atoms with Crippen LogP contribution in [0.15, 0.2) is 48.8 Å². The van der Waals surface area contributed by atoms with E-state index in [0.717, 1.165) is 26.1 Å². The lowest BCUT2D eigenvalue weighted by atomic mass is 10.2. The van der Waals surface area contributed by atoms with E-state index in [1.54, 1.807) is 0 Å². The van der Waals surface area contributed by atoms with Crippen LogP contribution in [-0.4, -0.2) is 24.6 Å². The minimum Gasteiger partial charge on any atom is -0.385 e. The number of hydrogen-bond donors (Lipinski definition) is 1. The molecule has 106 valence electrons. The maximum Gasteiger partial charge on any atom is 0.0367 e. The summed E-state index contributed by atoms with van der Waals surface area (Å²) in [4.78, 5) is 6.38. The fourth-order valence-corrected chi connectivity index (χ4v) is 2.28. The molecule has 3 heteroatoms. The summed E-state index contributed by atoms with van der Waals surface area (Å²) in [5, 5.41) is 3.46. The summed E-state index contributed by atoms with van der Waals surface area (Å²) in [6.07, 6.45) is 4.70. The second kappa shape index (κ2) is 7.53. The van der Waals surface area contributed by atoms with Crippen LogP contribution in [0.5, 0.6) is 0 Å². The standard InChI is InChI=1S/C17H23N3/c1-3-20(4-2)17-7-5-16(6-8-17)19-14-11-15-9-12-18-13-10-15/h5-10,12-13,19H,3-4,11,14H2,1-2H3. The van der Waals surface area contributed by atoms with Gasteiger partial charge in [0.05, 0.1) is 0 Å². The first kappa shape index (κ1) is 14.4. The van der Waals surface area contributed by atoms with Crippen molar-refractivity contribution in [1.29, 1.82) is 0 Å². The van der Waals surface area contributed by atoms with Crippen molar-refractivity contribution in [3.63, 3.8) is 0 Å². The Balaban J connectivity index is 1.85. The van der Waals surface area contributed by atoms with E-state index in [1.165, 1.54) is 16.9 Å². The molecular weight excluding hydrogens is 246 g/mol. The molecule has 2 rings (SSSR count). The molecule has 20 heavy (non-hydrogen) atoms. The SMILES string of the molecule is CCN(CC)c1ccc(NCCc2ccncc2)cc1.